The summed E-state index contributed by atoms with van der Waals surface area (Å²) in [5.41, 5.74) is 1.17. The van der Waals surface area contributed by atoms with Gasteiger partial charge in [0.25, 0.3) is 5.56 Å². The average molecular weight is 216 g/mol. The van der Waals surface area contributed by atoms with E-state index >= 15 is 0 Å². The lowest BCUT2D eigenvalue weighted by Crippen LogP contribution is -2.16. The third kappa shape index (κ3) is 1.98. The first kappa shape index (κ1) is 9.21. The van der Waals surface area contributed by atoms with Gasteiger partial charge in [-0.3, -0.25) is 9.36 Å². The number of hydrogen-bond donors (Lipinski definition) is 1. The van der Waals surface area contributed by atoms with Crippen molar-refractivity contribution in [1.29, 1.82) is 0 Å². The van der Waals surface area contributed by atoms with E-state index < -0.39 is 0 Å². The summed E-state index contributed by atoms with van der Waals surface area (Å²) in [7, 11) is 0. The molecule has 2 aromatic rings. The summed E-state index contributed by atoms with van der Waals surface area (Å²) in [4.78, 5) is 11.7. The molecule has 3 nitrogen and oxygen atoms in total. The Hall–Kier alpha value is -2.03. The van der Waals surface area contributed by atoms with Gasteiger partial charge in [-0.05, 0) is 24.1 Å². The molecule has 3 heteroatoms. The standard InChI is InChI=1S/C13H13NO2/c1-2-10-6-7-13(16)14(9-10)11-4-3-5-12(15)8-11/h3-9,15H,2H2,1H3/i2D. The van der Waals surface area contributed by atoms with Crippen molar-refractivity contribution in [3.63, 3.8) is 0 Å². The average Bonchev–Trinajstić information content (AvgIpc) is 2.29. The monoisotopic (exact) mass is 216 g/mol. The number of phenols is 1. The van der Waals surface area contributed by atoms with Gasteiger partial charge >= 0.3 is 0 Å². The van der Waals surface area contributed by atoms with E-state index in [-0.39, 0.29) is 17.7 Å². The molecule has 1 unspecified atom stereocenters. The van der Waals surface area contributed by atoms with Crippen LogP contribution in [0.2, 0.25) is 0 Å². The minimum absolute atomic E-state index is 0.110. The first-order valence-corrected chi connectivity index (χ1v) is 5.02. The second-order valence-electron chi connectivity index (χ2n) is 3.48. The Bertz CT molecular complexity index is 590. The van der Waals surface area contributed by atoms with Crippen LogP contribution in [0.25, 0.3) is 5.69 Å². The molecule has 16 heavy (non-hydrogen) atoms. The van der Waals surface area contributed by atoms with E-state index in [0.717, 1.165) is 5.56 Å². The Balaban J connectivity index is 2.58. The quantitative estimate of drug-likeness (QED) is 0.835. The SMILES string of the molecule is [2H]C(C)c1ccc(=O)n(-c2cccc(O)c2)c1. The first-order valence-electron chi connectivity index (χ1n) is 5.60. The van der Waals surface area contributed by atoms with Crippen molar-refractivity contribution in [2.75, 3.05) is 0 Å². The second kappa shape index (κ2) is 4.23. The number of aryl methyl sites for hydroxylation is 1. The fourth-order valence-corrected chi connectivity index (χ4v) is 1.52. The van der Waals surface area contributed by atoms with Gasteiger partial charge in [0.2, 0.25) is 0 Å². The van der Waals surface area contributed by atoms with Gasteiger partial charge in [0, 0.05) is 19.7 Å². The normalized spacial score (nSPS) is 13.2. The fraction of sp³-hybridized carbons (Fsp3) is 0.154. The van der Waals surface area contributed by atoms with E-state index in [9.17, 15) is 9.90 Å². The van der Waals surface area contributed by atoms with E-state index in [2.05, 4.69) is 0 Å². The van der Waals surface area contributed by atoms with Crippen molar-refractivity contribution in [3.05, 3.63) is 58.5 Å². The zero-order valence-corrected chi connectivity index (χ0v) is 8.92. The molecule has 1 aromatic carbocycles. The van der Waals surface area contributed by atoms with Crippen LogP contribution in [-0.4, -0.2) is 9.67 Å². The number of pyridine rings is 1. The second-order valence-corrected chi connectivity index (χ2v) is 3.48. The number of benzene rings is 1. The Labute approximate surface area is 95.0 Å². The predicted molar refractivity (Wildman–Crippen MR) is 63.1 cm³/mol. The number of rotatable bonds is 2. The molecule has 1 N–H and O–H groups in total. The molecule has 0 aliphatic carbocycles. The van der Waals surface area contributed by atoms with Crippen molar-refractivity contribution in [1.82, 2.24) is 4.57 Å². The van der Waals surface area contributed by atoms with E-state index in [1.165, 1.54) is 16.7 Å². The zero-order chi connectivity index (χ0) is 12.4. The molecule has 0 saturated carbocycles. The molecule has 0 radical (unpaired) electrons. The lowest BCUT2D eigenvalue weighted by molar-refractivity contribution is 0.475. The summed E-state index contributed by atoms with van der Waals surface area (Å²) >= 11 is 0. The van der Waals surface area contributed by atoms with Gasteiger partial charge < -0.3 is 5.11 Å². The topological polar surface area (TPSA) is 42.2 Å². The molecule has 2 rings (SSSR count). The van der Waals surface area contributed by atoms with Crippen LogP contribution in [0.4, 0.5) is 0 Å². The van der Waals surface area contributed by atoms with Crippen molar-refractivity contribution in [2.24, 2.45) is 0 Å². The van der Waals surface area contributed by atoms with Gasteiger partial charge in [0.05, 0.1) is 5.69 Å². The summed E-state index contributed by atoms with van der Waals surface area (Å²) < 4.78 is 9.06. The third-order valence-corrected chi connectivity index (χ3v) is 2.38. The van der Waals surface area contributed by atoms with Crippen molar-refractivity contribution < 1.29 is 6.48 Å². The Morgan fingerprint density at radius 1 is 1.38 bits per heavy atom. The van der Waals surface area contributed by atoms with Crippen LogP contribution in [0.1, 0.15) is 13.9 Å². The van der Waals surface area contributed by atoms with Gasteiger partial charge in [-0.25, -0.2) is 0 Å². The van der Waals surface area contributed by atoms with Crippen LogP contribution in [0.5, 0.6) is 5.75 Å². The molecule has 0 spiro atoms. The number of hydrogen-bond acceptors (Lipinski definition) is 2. The predicted octanol–water partition coefficient (Wildman–Crippen LogP) is 2.11. The van der Waals surface area contributed by atoms with Crippen LogP contribution < -0.4 is 5.56 Å². The molecule has 1 heterocycles. The molecule has 1 aromatic heterocycles. The van der Waals surface area contributed by atoms with Gasteiger partial charge in [-0.15, -0.1) is 0 Å². The maximum absolute atomic E-state index is 11.7. The Kier molecular flexibility index (Phi) is 2.43. The molecule has 0 aliphatic rings. The maximum atomic E-state index is 11.7. The molecule has 0 saturated heterocycles. The first-order chi connectivity index (χ1) is 8.08. The van der Waals surface area contributed by atoms with E-state index in [1.54, 1.807) is 37.4 Å². The zero-order valence-electron chi connectivity index (χ0n) is 9.92. The summed E-state index contributed by atoms with van der Waals surface area (Å²) in [5, 5.41) is 9.39. The highest BCUT2D eigenvalue weighted by atomic mass is 16.3. The van der Waals surface area contributed by atoms with Crippen molar-refractivity contribution >= 4 is 0 Å². The largest absolute Gasteiger partial charge is 0.508 e. The number of nitrogens with zero attached hydrogens (tertiary/aromatic N) is 1. The molecule has 0 bridgehead atoms. The molecule has 1 atom stereocenters. The van der Waals surface area contributed by atoms with Crippen LogP contribution in [0.15, 0.2) is 47.4 Å². The van der Waals surface area contributed by atoms with Gasteiger partial charge in [0.15, 0.2) is 0 Å². The van der Waals surface area contributed by atoms with Crippen molar-refractivity contribution in [2.45, 2.75) is 13.3 Å². The van der Waals surface area contributed by atoms with Gasteiger partial charge in [-0.2, -0.15) is 0 Å². The van der Waals surface area contributed by atoms with Crippen LogP contribution in [0, 0.1) is 0 Å². The van der Waals surface area contributed by atoms with Gasteiger partial charge in [0.1, 0.15) is 5.75 Å². The number of aromatic hydroxyl groups is 1. The molecule has 0 fully saturated rings. The fourth-order valence-electron chi connectivity index (χ4n) is 1.52. The van der Waals surface area contributed by atoms with E-state index in [1.807, 2.05) is 0 Å². The molecule has 82 valence electrons. The molecular formula is C13H13NO2. The van der Waals surface area contributed by atoms with Crippen molar-refractivity contribution in [3.8, 4) is 11.4 Å². The van der Waals surface area contributed by atoms with Crippen LogP contribution in [-0.2, 0) is 6.40 Å². The van der Waals surface area contributed by atoms with Gasteiger partial charge in [-0.1, -0.05) is 19.1 Å². The summed E-state index contributed by atoms with van der Waals surface area (Å²) in [6.07, 6.45) is 1.24. The number of phenolic OH excluding ortho intramolecular Hbond substituents is 1. The Morgan fingerprint density at radius 3 is 2.88 bits per heavy atom. The summed E-state index contributed by atoms with van der Waals surface area (Å²) in [5.74, 6) is 0.110. The van der Waals surface area contributed by atoms with Crippen LogP contribution in [0.3, 0.4) is 0 Å². The smallest absolute Gasteiger partial charge is 0.255 e. The molecular weight excluding hydrogens is 202 g/mol. The summed E-state index contributed by atoms with van der Waals surface area (Å²) in [6, 6.07) is 9.56. The van der Waals surface area contributed by atoms with E-state index in [0.29, 0.717) is 5.69 Å². The highest BCUT2D eigenvalue weighted by Crippen LogP contribution is 2.14. The Morgan fingerprint density at radius 2 is 2.19 bits per heavy atom. The molecule has 0 amide bonds. The maximum Gasteiger partial charge on any atom is 0.255 e. The summed E-state index contributed by atoms with van der Waals surface area (Å²) in [6.45, 7) is 1.74. The highest BCUT2D eigenvalue weighted by Gasteiger charge is 2.01. The molecule has 0 aliphatic heterocycles. The van der Waals surface area contributed by atoms with E-state index in [4.69, 9.17) is 1.37 Å². The number of aromatic nitrogens is 1. The van der Waals surface area contributed by atoms with Crippen LogP contribution >= 0.6 is 0 Å². The lowest BCUT2D eigenvalue weighted by atomic mass is 10.2. The minimum atomic E-state index is -0.390. The third-order valence-electron chi connectivity index (χ3n) is 2.38. The minimum Gasteiger partial charge on any atom is -0.508 e. The highest BCUT2D eigenvalue weighted by molar-refractivity contribution is 5.39. The lowest BCUT2D eigenvalue weighted by Gasteiger charge is -2.07.